The Balaban J connectivity index is 0.920. The monoisotopic (exact) mass is 764 g/mol. The second-order valence-corrected chi connectivity index (χ2v) is 18.4. The fourth-order valence-electron chi connectivity index (χ4n) is 10.3. The maximum atomic E-state index is 14.1. The maximum Gasteiger partial charge on any atom is 0.338 e. The molecule has 0 aromatic heterocycles. The molecule has 0 spiro atoms. The van der Waals surface area contributed by atoms with Crippen LogP contribution in [-0.2, 0) is 30.3 Å². The van der Waals surface area contributed by atoms with E-state index in [0.29, 0.717) is 51.9 Å². The highest BCUT2D eigenvalue weighted by Crippen LogP contribution is 2.61. The summed E-state index contributed by atoms with van der Waals surface area (Å²) in [4.78, 5) is 40.3. The molecule has 298 valence electrons. The molecule has 2 amide bonds. The first kappa shape index (κ1) is 37.7. The molecule has 9 rings (SSSR count). The number of allylic oxidation sites excluding steroid dienone is 1. The van der Waals surface area contributed by atoms with Gasteiger partial charge in [0.25, 0.3) is 5.91 Å². The Hall–Kier alpha value is -3.83. The van der Waals surface area contributed by atoms with Gasteiger partial charge in [-0.25, -0.2) is 4.79 Å². The average Bonchev–Trinajstić information content (AvgIpc) is 4.10. The van der Waals surface area contributed by atoms with Crippen molar-refractivity contribution in [1.82, 2.24) is 10.6 Å². The first-order chi connectivity index (χ1) is 26.9. The zero-order valence-electron chi connectivity index (χ0n) is 32.9. The molecule has 2 saturated heterocycles. The fourth-order valence-corrected chi connectivity index (χ4v) is 10.3. The van der Waals surface area contributed by atoms with Gasteiger partial charge in [-0.05, 0) is 123 Å². The largest absolute Gasteiger partial charge is 0.456 e. The van der Waals surface area contributed by atoms with Gasteiger partial charge >= 0.3 is 5.97 Å². The Bertz CT molecular complexity index is 1930. The van der Waals surface area contributed by atoms with E-state index < -0.39 is 30.1 Å². The summed E-state index contributed by atoms with van der Waals surface area (Å²) in [6, 6.07) is 14.8. The third-order valence-corrected chi connectivity index (χ3v) is 13.9. The molecule has 0 radical (unpaired) electrons. The van der Waals surface area contributed by atoms with Gasteiger partial charge < -0.3 is 34.7 Å². The average molecular weight is 765 g/mol. The zero-order chi connectivity index (χ0) is 38.8. The molecule has 5 aliphatic carbocycles. The molecule has 2 aliphatic heterocycles. The van der Waals surface area contributed by atoms with Gasteiger partial charge in [-0.1, -0.05) is 49.8 Å². The fraction of sp³-hybridized carbons (Fsp3) is 0.587. The van der Waals surface area contributed by atoms with Crippen LogP contribution in [0.5, 0.6) is 0 Å². The Labute approximate surface area is 329 Å². The van der Waals surface area contributed by atoms with Crippen molar-refractivity contribution in [2.24, 2.45) is 29.1 Å². The van der Waals surface area contributed by atoms with E-state index in [2.05, 4.69) is 43.5 Å². The lowest BCUT2D eigenvalue weighted by atomic mass is 9.52. The SMILES string of the molecule is CC1(C)C[C@@H]2C(=Cc3cccc(C(=O)O[C@@H]4CC(C(=O)NCc5cccc(C(=O)NCCO)c5)=C[C@H]5OC(C6CC6)(C6CC6)O[C@H]54)c3)CCC3O[C@]3(C)CC[C@H]21. The minimum absolute atomic E-state index is 0.0286. The minimum Gasteiger partial charge on any atom is -0.456 e. The number of epoxide rings is 1. The molecular formula is C46H56N2O8. The number of esters is 1. The lowest BCUT2D eigenvalue weighted by molar-refractivity contribution is -0.209. The van der Waals surface area contributed by atoms with Crippen molar-refractivity contribution in [2.75, 3.05) is 13.2 Å². The van der Waals surface area contributed by atoms with Gasteiger partial charge in [0.05, 0.1) is 23.9 Å². The van der Waals surface area contributed by atoms with E-state index in [1.165, 1.54) is 18.4 Å². The summed E-state index contributed by atoms with van der Waals surface area (Å²) in [7, 11) is 0. The lowest BCUT2D eigenvalue weighted by Gasteiger charge is -2.53. The zero-order valence-corrected chi connectivity index (χ0v) is 32.9. The van der Waals surface area contributed by atoms with Gasteiger partial charge in [0.15, 0.2) is 5.79 Å². The summed E-state index contributed by atoms with van der Waals surface area (Å²) in [5, 5.41) is 14.7. The molecule has 2 heterocycles. The first-order valence-corrected chi connectivity index (χ1v) is 21.0. The minimum atomic E-state index is -0.710. The quantitative estimate of drug-likeness (QED) is 0.171. The van der Waals surface area contributed by atoms with Crippen LogP contribution in [0.1, 0.15) is 117 Å². The van der Waals surface area contributed by atoms with Crippen LogP contribution in [0.3, 0.4) is 0 Å². The Morgan fingerprint density at radius 3 is 2.41 bits per heavy atom. The van der Waals surface area contributed by atoms with Crippen LogP contribution < -0.4 is 10.6 Å². The summed E-state index contributed by atoms with van der Waals surface area (Å²) in [5.74, 6) is 0.0957. The Morgan fingerprint density at radius 2 is 1.66 bits per heavy atom. The topological polar surface area (TPSA) is 136 Å². The molecule has 7 aliphatic rings. The van der Waals surface area contributed by atoms with Crippen LogP contribution in [0, 0.1) is 29.1 Å². The molecule has 4 saturated carbocycles. The van der Waals surface area contributed by atoms with Gasteiger partial charge in [-0.2, -0.15) is 0 Å². The highest BCUT2D eigenvalue weighted by Gasteiger charge is 2.64. The summed E-state index contributed by atoms with van der Waals surface area (Å²) in [5.41, 5.74) is 4.96. The number of benzene rings is 2. The van der Waals surface area contributed by atoms with E-state index in [1.54, 1.807) is 24.3 Å². The lowest BCUT2D eigenvalue weighted by Crippen LogP contribution is -2.45. The van der Waals surface area contributed by atoms with Crippen LogP contribution in [0.15, 0.2) is 65.8 Å². The van der Waals surface area contributed by atoms with Crippen molar-refractivity contribution in [1.29, 1.82) is 0 Å². The van der Waals surface area contributed by atoms with Gasteiger partial charge in [0, 0.05) is 42.5 Å². The summed E-state index contributed by atoms with van der Waals surface area (Å²) in [6.45, 7) is 7.29. The number of nitrogens with one attached hydrogen (secondary N) is 2. The number of hydrogen-bond acceptors (Lipinski definition) is 8. The third-order valence-electron chi connectivity index (χ3n) is 13.9. The predicted octanol–water partition coefficient (Wildman–Crippen LogP) is 6.66. The van der Waals surface area contributed by atoms with Crippen molar-refractivity contribution in [3.63, 3.8) is 0 Å². The van der Waals surface area contributed by atoms with Crippen molar-refractivity contribution < 1.29 is 38.4 Å². The normalized spacial score (nSPS) is 33.2. The molecule has 1 unspecified atom stereocenters. The highest BCUT2D eigenvalue weighted by molar-refractivity contribution is 5.95. The van der Waals surface area contributed by atoms with Crippen LogP contribution in [-0.4, -0.2) is 71.8 Å². The number of rotatable bonds is 11. The molecule has 7 atom stereocenters. The van der Waals surface area contributed by atoms with E-state index in [-0.39, 0.29) is 43.5 Å². The molecule has 10 heteroatoms. The van der Waals surface area contributed by atoms with Crippen molar-refractivity contribution in [3.8, 4) is 0 Å². The highest BCUT2D eigenvalue weighted by atomic mass is 16.8. The van der Waals surface area contributed by atoms with E-state index in [4.69, 9.17) is 24.1 Å². The number of fused-ring (bicyclic) bond motifs is 3. The Kier molecular flexibility index (Phi) is 9.79. The van der Waals surface area contributed by atoms with Crippen LogP contribution in [0.2, 0.25) is 0 Å². The molecule has 0 bridgehead atoms. The predicted molar refractivity (Wildman–Crippen MR) is 209 cm³/mol. The van der Waals surface area contributed by atoms with Gasteiger partial charge in [-0.3, -0.25) is 9.59 Å². The van der Waals surface area contributed by atoms with E-state index >= 15 is 0 Å². The second-order valence-electron chi connectivity index (χ2n) is 18.4. The van der Waals surface area contributed by atoms with Crippen LogP contribution in [0.4, 0.5) is 0 Å². The molecule has 56 heavy (non-hydrogen) atoms. The number of aliphatic hydroxyl groups is 1. The van der Waals surface area contributed by atoms with Crippen molar-refractivity contribution in [2.45, 2.75) is 127 Å². The number of carbonyl (C=O) groups excluding carboxylic acids is 3. The van der Waals surface area contributed by atoms with Crippen molar-refractivity contribution in [3.05, 3.63) is 88.0 Å². The van der Waals surface area contributed by atoms with Crippen molar-refractivity contribution >= 4 is 23.9 Å². The number of amides is 2. The standard InChI is InChI=1S/C46H56N2O8/c1-44(2)25-35-29(10-15-39-45(3,55-39)17-16-36(35)44)20-27-6-4-9-31(21-27)43(52)53-37-23-32(24-38-40(37)56-46(54-38,33-11-12-33)34-13-14-34)42(51)48-26-28-7-5-8-30(22-28)41(50)47-18-19-49/h4-9,20-22,24,33-40,49H,10-19,23,25-26H2,1-3H3,(H,47,50)(H,48,51)/t35-,36-,37-,38-,39?,40+,45-/m1/s1. The summed E-state index contributed by atoms with van der Waals surface area (Å²) in [6.07, 6.45) is 12.7. The smallest absolute Gasteiger partial charge is 0.338 e. The first-order valence-electron chi connectivity index (χ1n) is 21.0. The number of aliphatic hydroxyl groups excluding tert-OH is 1. The molecule has 2 aromatic carbocycles. The van der Waals surface area contributed by atoms with E-state index in [0.717, 1.165) is 56.1 Å². The Morgan fingerprint density at radius 1 is 0.893 bits per heavy atom. The van der Waals surface area contributed by atoms with Gasteiger partial charge in [0.2, 0.25) is 5.91 Å². The molecule has 6 fully saturated rings. The number of ether oxygens (including phenoxy) is 4. The summed E-state index contributed by atoms with van der Waals surface area (Å²) >= 11 is 0. The van der Waals surface area contributed by atoms with Crippen LogP contribution >= 0.6 is 0 Å². The molecular weight excluding hydrogens is 709 g/mol. The molecule has 2 aromatic rings. The van der Waals surface area contributed by atoms with Gasteiger partial charge in [-0.15, -0.1) is 0 Å². The van der Waals surface area contributed by atoms with E-state index in [9.17, 15) is 14.4 Å². The number of carbonyl (C=O) groups is 3. The van der Waals surface area contributed by atoms with E-state index in [1.807, 2.05) is 24.3 Å². The third kappa shape index (κ3) is 7.38. The second kappa shape index (κ2) is 14.5. The number of hydrogen-bond donors (Lipinski definition) is 3. The molecule has 10 nitrogen and oxygen atoms in total. The van der Waals surface area contributed by atoms with Gasteiger partial charge in [0.1, 0.15) is 18.3 Å². The van der Waals surface area contributed by atoms with Crippen LogP contribution in [0.25, 0.3) is 6.08 Å². The maximum absolute atomic E-state index is 14.1. The summed E-state index contributed by atoms with van der Waals surface area (Å²) < 4.78 is 26.1. The molecule has 3 N–H and O–H groups in total.